The van der Waals surface area contributed by atoms with Gasteiger partial charge in [0.25, 0.3) is 0 Å². The van der Waals surface area contributed by atoms with Crippen LogP contribution >= 0.6 is 0 Å². The van der Waals surface area contributed by atoms with E-state index in [0.29, 0.717) is 12.8 Å². The van der Waals surface area contributed by atoms with E-state index in [1.165, 1.54) is 11.1 Å². The second-order valence-corrected chi connectivity index (χ2v) is 5.56. The van der Waals surface area contributed by atoms with Gasteiger partial charge in [-0.3, -0.25) is 9.59 Å². The molecule has 1 atom stereocenters. The summed E-state index contributed by atoms with van der Waals surface area (Å²) in [6, 6.07) is 8.14. The molecule has 1 aromatic rings. The maximum Gasteiger partial charge on any atom is 0.237 e. The number of nitrogens with zero attached hydrogens (tertiary/aromatic N) is 1. The third kappa shape index (κ3) is 4.29. The van der Waals surface area contributed by atoms with E-state index in [2.05, 4.69) is 5.32 Å². The van der Waals surface area contributed by atoms with Crippen LogP contribution in [0, 0.1) is 6.92 Å². The Balaban J connectivity index is 1.97. The highest BCUT2D eigenvalue weighted by Gasteiger charge is 2.27. The van der Waals surface area contributed by atoms with Crippen molar-refractivity contribution < 1.29 is 9.59 Å². The largest absolute Gasteiger partial charge is 0.368 e. The zero-order chi connectivity index (χ0) is 15.2. The Morgan fingerprint density at radius 1 is 1.38 bits per heavy atom. The molecule has 0 saturated carbocycles. The molecule has 21 heavy (non-hydrogen) atoms. The lowest BCUT2D eigenvalue weighted by atomic mass is 10.0. The van der Waals surface area contributed by atoms with E-state index in [4.69, 9.17) is 5.73 Å². The highest BCUT2D eigenvalue weighted by Crippen LogP contribution is 2.14. The molecule has 1 heterocycles. The van der Waals surface area contributed by atoms with Crippen molar-refractivity contribution in [3.63, 3.8) is 0 Å². The predicted molar refractivity (Wildman–Crippen MR) is 81.7 cm³/mol. The quantitative estimate of drug-likeness (QED) is 0.805. The first-order valence-electron chi connectivity index (χ1n) is 7.41. The predicted octanol–water partition coefficient (Wildman–Crippen LogP) is 0.603. The molecule has 1 aliphatic heterocycles. The van der Waals surface area contributed by atoms with Crippen LogP contribution in [0.2, 0.25) is 0 Å². The summed E-state index contributed by atoms with van der Waals surface area (Å²) in [6.07, 6.45) is 1.99. The van der Waals surface area contributed by atoms with Gasteiger partial charge >= 0.3 is 0 Å². The molecule has 0 bridgehead atoms. The lowest BCUT2D eigenvalue weighted by Gasteiger charge is -2.27. The Kier molecular flexibility index (Phi) is 5.33. The van der Waals surface area contributed by atoms with Gasteiger partial charge in [0, 0.05) is 19.0 Å². The number of amides is 2. The number of hydrogen-bond donors (Lipinski definition) is 2. The van der Waals surface area contributed by atoms with Crippen LogP contribution in [0.15, 0.2) is 24.3 Å². The number of carbonyl (C=O) groups excluding carboxylic acids is 2. The summed E-state index contributed by atoms with van der Waals surface area (Å²) < 4.78 is 0. The first-order chi connectivity index (χ1) is 10.1. The van der Waals surface area contributed by atoms with Crippen LogP contribution in [0.4, 0.5) is 0 Å². The molecule has 5 heteroatoms. The fraction of sp³-hybridized carbons (Fsp3) is 0.500. The van der Waals surface area contributed by atoms with Gasteiger partial charge in [-0.2, -0.15) is 0 Å². The third-order valence-electron chi connectivity index (χ3n) is 3.99. The van der Waals surface area contributed by atoms with E-state index in [1.54, 1.807) is 4.90 Å². The van der Waals surface area contributed by atoms with Crippen molar-refractivity contribution in [3.8, 4) is 0 Å². The van der Waals surface area contributed by atoms with Crippen LogP contribution in [-0.4, -0.2) is 42.4 Å². The molecule has 0 radical (unpaired) electrons. The van der Waals surface area contributed by atoms with Crippen molar-refractivity contribution in [1.82, 2.24) is 10.2 Å². The molecule has 0 spiro atoms. The van der Waals surface area contributed by atoms with E-state index in [0.717, 1.165) is 19.5 Å². The number of hydrogen-bond acceptors (Lipinski definition) is 3. The highest BCUT2D eigenvalue weighted by atomic mass is 16.2. The minimum atomic E-state index is -0.453. The average molecular weight is 289 g/mol. The summed E-state index contributed by atoms with van der Waals surface area (Å²) in [4.78, 5) is 25.3. The van der Waals surface area contributed by atoms with Gasteiger partial charge in [-0.05, 0) is 37.4 Å². The third-order valence-corrected chi connectivity index (χ3v) is 3.99. The van der Waals surface area contributed by atoms with E-state index in [1.807, 2.05) is 31.2 Å². The number of nitrogens with two attached hydrogens (primary N) is 1. The number of aryl methyl sites for hydroxylation is 2. The van der Waals surface area contributed by atoms with Gasteiger partial charge < -0.3 is 16.0 Å². The van der Waals surface area contributed by atoms with Crippen LogP contribution in [-0.2, 0) is 16.0 Å². The zero-order valence-corrected chi connectivity index (χ0v) is 12.5. The van der Waals surface area contributed by atoms with Crippen LogP contribution in [0.3, 0.4) is 0 Å². The summed E-state index contributed by atoms with van der Waals surface area (Å²) in [5.74, 6) is -0.447. The Bertz CT molecular complexity index is 510. The first-order valence-corrected chi connectivity index (χ1v) is 7.41. The molecule has 1 unspecified atom stereocenters. The van der Waals surface area contributed by atoms with Gasteiger partial charge in [0.05, 0.1) is 6.54 Å². The maximum atomic E-state index is 12.4. The van der Waals surface area contributed by atoms with E-state index in [-0.39, 0.29) is 18.5 Å². The van der Waals surface area contributed by atoms with Crippen LogP contribution in [0.5, 0.6) is 0 Å². The minimum absolute atomic E-state index is 0.00533. The average Bonchev–Trinajstić information content (AvgIpc) is 2.97. The topological polar surface area (TPSA) is 75.4 Å². The van der Waals surface area contributed by atoms with Crippen LogP contribution in [0.25, 0.3) is 0 Å². The SMILES string of the molecule is Cc1ccccc1CCC(=O)N(CC(N)=O)C1CCNC1. The van der Waals surface area contributed by atoms with Crippen LogP contribution in [0.1, 0.15) is 24.0 Å². The molecule has 1 aliphatic rings. The Morgan fingerprint density at radius 3 is 2.76 bits per heavy atom. The van der Waals surface area contributed by atoms with Crippen molar-refractivity contribution in [2.75, 3.05) is 19.6 Å². The van der Waals surface area contributed by atoms with Crippen molar-refractivity contribution in [2.45, 2.75) is 32.2 Å². The molecule has 114 valence electrons. The number of benzene rings is 1. The lowest BCUT2D eigenvalue weighted by molar-refractivity contribution is -0.137. The summed E-state index contributed by atoms with van der Waals surface area (Å²) >= 11 is 0. The van der Waals surface area contributed by atoms with Crippen LogP contribution < -0.4 is 11.1 Å². The molecular weight excluding hydrogens is 266 g/mol. The summed E-state index contributed by atoms with van der Waals surface area (Å²) in [7, 11) is 0. The normalized spacial score (nSPS) is 17.7. The molecule has 5 nitrogen and oxygen atoms in total. The van der Waals surface area contributed by atoms with Crippen molar-refractivity contribution in [2.24, 2.45) is 5.73 Å². The molecular formula is C16H23N3O2. The number of rotatable bonds is 6. The zero-order valence-electron chi connectivity index (χ0n) is 12.5. The standard InChI is InChI=1S/C16H23N3O2/c1-12-4-2-3-5-13(12)6-7-16(21)19(11-15(17)20)14-8-9-18-10-14/h2-5,14,18H,6-11H2,1H3,(H2,17,20). The van der Waals surface area contributed by atoms with Gasteiger partial charge in [-0.25, -0.2) is 0 Å². The fourth-order valence-corrected chi connectivity index (χ4v) is 2.77. The van der Waals surface area contributed by atoms with Gasteiger partial charge in [-0.15, -0.1) is 0 Å². The maximum absolute atomic E-state index is 12.4. The second-order valence-electron chi connectivity index (χ2n) is 5.56. The minimum Gasteiger partial charge on any atom is -0.368 e. The highest BCUT2D eigenvalue weighted by molar-refractivity contribution is 5.84. The summed E-state index contributed by atoms with van der Waals surface area (Å²) in [5, 5.41) is 3.22. The molecule has 0 aliphatic carbocycles. The molecule has 0 aromatic heterocycles. The number of nitrogens with one attached hydrogen (secondary N) is 1. The first kappa shape index (κ1) is 15.5. The summed E-state index contributed by atoms with van der Waals surface area (Å²) in [5.41, 5.74) is 7.64. The van der Waals surface area contributed by atoms with Crippen molar-refractivity contribution in [3.05, 3.63) is 35.4 Å². The van der Waals surface area contributed by atoms with Crippen molar-refractivity contribution in [1.29, 1.82) is 0 Å². The van der Waals surface area contributed by atoms with E-state index in [9.17, 15) is 9.59 Å². The Morgan fingerprint density at radius 2 is 2.14 bits per heavy atom. The van der Waals surface area contributed by atoms with E-state index >= 15 is 0 Å². The Hall–Kier alpha value is -1.88. The van der Waals surface area contributed by atoms with Gasteiger partial charge in [0.1, 0.15) is 0 Å². The molecule has 1 saturated heterocycles. The van der Waals surface area contributed by atoms with Gasteiger partial charge in [-0.1, -0.05) is 24.3 Å². The smallest absolute Gasteiger partial charge is 0.237 e. The molecule has 2 rings (SSSR count). The number of carbonyl (C=O) groups is 2. The molecule has 1 aromatic carbocycles. The molecule has 2 amide bonds. The van der Waals surface area contributed by atoms with E-state index < -0.39 is 5.91 Å². The number of primary amides is 1. The fourth-order valence-electron chi connectivity index (χ4n) is 2.77. The molecule has 3 N–H and O–H groups in total. The lowest BCUT2D eigenvalue weighted by Crippen LogP contribution is -2.46. The monoisotopic (exact) mass is 289 g/mol. The Labute approximate surface area is 125 Å². The van der Waals surface area contributed by atoms with Crippen molar-refractivity contribution >= 4 is 11.8 Å². The second kappa shape index (κ2) is 7.22. The molecule has 1 fully saturated rings. The summed E-state index contributed by atoms with van der Waals surface area (Å²) in [6.45, 7) is 3.68. The van der Waals surface area contributed by atoms with Gasteiger partial charge in [0.2, 0.25) is 11.8 Å². The van der Waals surface area contributed by atoms with Gasteiger partial charge in [0.15, 0.2) is 0 Å².